The molecule has 2 unspecified atom stereocenters. The van der Waals surface area contributed by atoms with E-state index >= 15 is 0 Å². The summed E-state index contributed by atoms with van der Waals surface area (Å²) in [6.45, 7) is 3.14. The molecule has 1 aliphatic rings. The van der Waals surface area contributed by atoms with Crippen LogP contribution >= 0.6 is 0 Å². The van der Waals surface area contributed by atoms with Gasteiger partial charge in [-0.1, -0.05) is 12.1 Å². The van der Waals surface area contributed by atoms with Gasteiger partial charge in [0.1, 0.15) is 0 Å². The minimum atomic E-state index is 0.103. The molecule has 1 aliphatic heterocycles. The molecule has 1 amide bonds. The Morgan fingerprint density at radius 2 is 2.23 bits per heavy atom. The van der Waals surface area contributed by atoms with Crippen LogP contribution in [0.5, 0.6) is 0 Å². The molecule has 0 aliphatic carbocycles. The second kappa shape index (κ2) is 6.75. The highest BCUT2D eigenvalue weighted by atomic mass is 16.1. The van der Waals surface area contributed by atoms with Gasteiger partial charge in [-0.05, 0) is 50.1 Å². The monoisotopic (exact) mass is 298 g/mol. The fraction of sp³-hybridized carbons (Fsp3) is 0.412. The molecular formula is C17H22N4O. The summed E-state index contributed by atoms with van der Waals surface area (Å²) < 4.78 is 1.81. The van der Waals surface area contributed by atoms with Crippen molar-refractivity contribution in [2.24, 2.45) is 0 Å². The minimum absolute atomic E-state index is 0.103. The highest BCUT2D eigenvalue weighted by molar-refractivity contribution is 5.78. The molecule has 2 atom stereocenters. The van der Waals surface area contributed by atoms with E-state index in [0.717, 1.165) is 30.6 Å². The Kier molecular flexibility index (Phi) is 4.53. The average Bonchev–Trinajstić information content (AvgIpc) is 3.02. The summed E-state index contributed by atoms with van der Waals surface area (Å²) in [7, 11) is 0. The molecule has 1 fully saturated rings. The summed E-state index contributed by atoms with van der Waals surface area (Å²) in [6.07, 6.45) is 6.09. The molecule has 5 nitrogen and oxygen atoms in total. The maximum absolute atomic E-state index is 12.2. The van der Waals surface area contributed by atoms with Gasteiger partial charge >= 0.3 is 0 Å². The van der Waals surface area contributed by atoms with E-state index in [9.17, 15) is 4.79 Å². The predicted molar refractivity (Wildman–Crippen MR) is 85.9 cm³/mol. The number of nitrogens with one attached hydrogen (secondary N) is 2. The number of carbonyl (C=O) groups is 1. The second-order valence-electron chi connectivity index (χ2n) is 5.94. The van der Waals surface area contributed by atoms with Crippen molar-refractivity contribution in [2.75, 3.05) is 6.54 Å². The van der Waals surface area contributed by atoms with Gasteiger partial charge in [0.15, 0.2) is 0 Å². The van der Waals surface area contributed by atoms with Crippen LogP contribution in [0.25, 0.3) is 5.69 Å². The summed E-state index contributed by atoms with van der Waals surface area (Å²) in [5, 5.41) is 10.7. The lowest BCUT2D eigenvalue weighted by Gasteiger charge is -2.28. The van der Waals surface area contributed by atoms with Crippen molar-refractivity contribution in [2.45, 2.75) is 38.3 Å². The normalized spacial score (nSPS) is 21.5. The largest absolute Gasteiger partial charge is 0.353 e. The summed E-state index contributed by atoms with van der Waals surface area (Å²) in [6, 6.07) is 10.6. The molecule has 116 valence electrons. The Bertz CT molecular complexity index is 606. The Hall–Kier alpha value is -2.14. The number of hydrogen-bond donors (Lipinski definition) is 2. The van der Waals surface area contributed by atoms with Crippen LogP contribution in [0.15, 0.2) is 42.7 Å². The lowest BCUT2D eigenvalue weighted by molar-refractivity contribution is -0.121. The Morgan fingerprint density at radius 3 is 2.91 bits per heavy atom. The van der Waals surface area contributed by atoms with Gasteiger partial charge in [0.05, 0.1) is 12.1 Å². The van der Waals surface area contributed by atoms with Gasteiger partial charge in [-0.25, -0.2) is 4.68 Å². The third kappa shape index (κ3) is 3.74. The molecule has 1 saturated heterocycles. The van der Waals surface area contributed by atoms with Gasteiger partial charge in [-0.15, -0.1) is 0 Å². The van der Waals surface area contributed by atoms with Gasteiger partial charge in [-0.3, -0.25) is 4.79 Å². The van der Waals surface area contributed by atoms with Crippen LogP contribution in [0.3, 0.4) is 0 Å². The summed E-state index contributed by atoms with van der Waals surface area (Å²) >= 11 is 0. The van der Waals surface area contributed by atoms with Crippen LogP contribution in [0, 0.1) is 0 Å². The number of piperidine rings is 1. The third-order valence-electron chi connectivity index (χ3n) is 4.06. The molecule has 0 radical (unpaired) electrons. The highest BCUT2D eigenvalue weighted by Crippen LogP contribution is 2.11. The number of hydrogen-bond acceptors (Lipinski definition) is 3. The van der Waals surface area contributed by atoms with E-state index in [-0.39, 0.29) is 5.91 Å². The van der Waals surface area contributed by atoms with Crippen LogP contribution in [0.2, 0.25) is 0 Å². The van der Waals surface area contributed by atoms with Crippen molar-refractivity contribution in [3.8, 4) is 5.69 Å². The average molecular weight is 298 g/mol. The fourth-order valence-corrected chi connectivity index (χ4v) is 2.92. The van der Waals surface area contributed by atoms with E-state index in [0.29, 0.717) is 18.5 Å². The van der Waals surface area contributed by atoms with E-state index in [1.807, 2.05) is 36.5 Å². The van der Waals surface area contributed by atoms with Gasteiger partial charge in [-0.2, -0.15) is 5.10 Å². The molecule has 1 aromatic heterocycles. The maximum atomic E-state index is 12.2. The maximum Gasteiger partial charge on any atom is 0.224 e. The first-order chi connectivity index (χ1) is 10.7. The van der Waals surface area contributed by atoms with Crippen molar-refractivity contribution in [1.29, 1.82) is 0 Å². The molecule has 5 heteroatoms. The number of benzene rings is 1. The molecule has 1 aromatic carbocycles. The first-order valence-electron chi connectivity index (χ1n) is 7.82. The van der Waals surface area contributed by atoms with Crippen LogP contribution in [0.4, 0.5) is 0 Å². The second-order valence-corrected chi connectivity index (χ2v) is 5.94. The Labute approximate surface area is 130 Å². The molecule has 2 N–H and O–H groups in total. The van der Waals surface area contributed by atoms with E-state index < -0.39 is 0 Å². The fourth-order valence-electron chi connectivity index (χ4n) is 2.92. The zero-order chi connectivity index (χ0) is 15.4. The third-order valence-corrected chi connectivity index (χ3v) is 4.06. The smallest absolute Gasteiger partial charge is 0.224 e. The van der Waals surface area contributed by atoms with Crippen LogP contribution < -0.4 is 10.6 Å². The van der Waals surface area contributed by atoms with E-state index in [2.05, 4.69) is 22.7 Å². The van der Waals surface area contributed by atoms with E-state index in [4.69, 9.17) is 0 Å². The summed E-state index contributed by atoms with van der Waals surface area (Å²) in [4.78, 5) is 12.2. The van der Waals surface area contributed by atoms with Crippen LogP contribution in [-0.4, -0.2) is 34.3 Å². The van der Waals surface area contributed by atoms with Crippen LogP contribution in [0.1, 0.15) is 25.3 Å². The molecule has 0 bridgehead atoms. The molecule has 3 rings (SSSR count). The molecule has 22 heavy (non-hydrogen) atoms. The summed E-state index contributed by atoms with van der Waals surface area (Å²) in [5.74, 6) is 0.103. The topological polar surface area (TPSA) is 59.0 Å². The molecule has 2 aromatic rings. The lowest BCUT2D eigenvalue weighted by Crippen LogP contribution is -2.46. The van der Waals surface area contributed by atoms with Gasteiger partial charge in [0, 0.05) is 24.5 Å². The highest BCUT2D eigenvalue weighted by Gasteiger charge is 2.19. The van der Waals surface area contributed by atoms with E-state index in [1.54, 1.807) is 10.9 Å². The number of amides is 1. The van der Waals surface area contributed by atoms with Crippen molar-refractivity contribution >= 4 is 5.91 Å². The van der Waals surface area contributed by atoms with Gasteiger partial charge in [0.2, 0.25) is 5.91 Å². The van der Waals surface area contributed by atoms with Gasteiger partial charge < -0.3 is 10.6 Å². The quantitative estimate of drug-likeness (QED) is 0.903. The minimum Gasteiger partial charge on any atom is -0.353 e. The SMILES string of the molecule is CC1CC(NC(=O)Cc2ccc(-n3cccn3)cc2)CCN1. The summed E-state index contributed by atoms with van der Waals surface area (Å²) in [5.41, 5.74) is 2.02. The number of aromatic nitrogens is 2. The number of rotatable bonds is 4. The molecule has 0 spiro atoms. The zero-order valence-corrected chi connectivity index (χ0v) is 12.8. The molecular weight excluding hydrogens is 276 g/mol. The standard InChI is InChI=1S/C17H22N4O/c1-13-11-15(7-9-18-13)20-17(22)12-14-3-5-16(6-4-14)21-10-2-8-19-21/h2-6,8,10,13,15,18H,7,9,11-12H2,1H3,(H,20,22). The van der Waals surface area contributed by atoms with E-state index in [1.165, 1.54) is 0 Å². The first-order valence-corrected chi connectivity index (χ1v) is 7.82. The Morgan fingerprint density at radius 1 is 1.41 bits per heavy atom. The molecule has 0 saturated carbocycles. The van der Waals surface area contributed by atoms with Gasteiger partial charge in [0.25, 0.3) is 0 Å². The Balaban J connectivity index is 1.55. The van der Waals surface area contributed by atoms with Crippen molar-refractivity contribution < 1.29 is 4.79 Å². The van der Waals surface area contributed by atoms with Crippen molar-refractivity contribution in [3.63, 3.8) is 0 Å². The zero-order valence-electron chi connectivity index (χ0n) is 12.8. The first kappa shape index (κ1) is 14.8. The molecule has 2 heterocycles. The lowest BCUT2D eigenvalue weighted by atomic mass is 10.0. The van der Waals surface area contributed by atoms with Crippen LogP contribution in [-0.2, 0) is 11.2 Å². The van der Waals surface area contributed by atoms with Crippen molar-refractivity contribution in [1.82, 2.24) is 20.4 Å². The predicted octanol–water partition coefficient (Wildman–Crippen LogP) is 1.67. The number of nitrogens with zero attached hydrogens (tertiary/aromatic N) is 2. The number of carbonyl (C=O) groups excluding carboxylic acids is 1. The van der Waals surface area contributed by atoms with Crippen molar-refractivity contribution in [3.05, 3.63) is 48.3 Å².